The molecule has 3 atom stereocenters. The Labute approximate surface area is 98.9 Å². The normalized spacial score (nSPS) is 15.2. The molecular formula is C10H24BF4P. The molecule has 0 nitrogen and oxygen atoms in total. The molecule has 0 radical (unpaired) electrons. The molecule has 0 aliphatic heterocycles. The first-order valence-corrected chi connectivity index (χ1v) is 6.88. The minimum Gasteiger partial charge on any atom is -0.418 e. The summed E-state index contributed by atoms with van der Waals surface area (Å²) in [6, 6.07) is 0. The number of hydrogen-bond donors (Lipinski definition) is 0. The van der Waals surface area contributed by atoms with E-state index in [1.165, 1.54) is 31.8 Å². The third-order valence-electron chi connectivity index (χ3n) is 2.69. The first kappa shape index (κ1) is 18.6. The molecule has 0 amide bonds. The van der Waals surface area contributed by atoms with Gasteiger partial charge in [0.15, 0.2) is 0 Å². The molecular weight excluding hydrogens is 238 g/mol. The minimum absolute atomic E-state index is 0.935. The fourth-order valence-electron chi connectivity index (χ4n) is 1.29. The van der Waals surface area contributed by atoms with Gasteiger partial charge in [0, 0.05) is 0 Å². The summed E-state index contributed by atoms with van der Waals surface area (Å²) in [5.41, 5.74) is 0. The zero-order chi connectivity index (χ0) is 13.2. The quantitative estimate of drug-likeness (QED) is 0.280. The molecule has 6 heteroatoms. The Morgan fingerprint density at radius 2 is 1.44 bits per heavy atom. The molecule has 0 aliphatic carbocycles. The smallest absolute Gasteiger partial charge is 0.418 e. The van der Waals surface area contributed by atoms with E-state index in [4.69, 9.17) is 0 Å². The maximum absolute atomic E-state index is 9.75. The van der Waals surface area contributed by atoms with Crippen LogP contribution in [0.1, 0.15) is 46.5 Å². The van der Waals surface area contributed by atoms with E-state index >= 15 is 0 Å². The third-order valence-corrected chi connectivity index (χ3v) is 3.60. The Morgan fingerprint density at radius 1 is 1.00 bits per heavy atom. The highest BCUT2D eigenvalue weighted by molar-refractivity contribution is 7.16. The lowest BCUT2D eigenvalue weighted by Gasteiger charge is -2.15. The van der Waals surface area contributed by atoms with Crippen LogP contribution in [0.2, 0.25) is 0 Å². The van der Waals surface area contributed by atoms with Gasteiger partial charge in [-0.15, -0.1) is 0 Å². The minimum atomic E-state index is -6.00. The molecule has 0 rings (SSSR count). The topological polar surface area (TPSA) is 0 Å². The molecule has 16 heavy (non-hydrogen) atoms. The van der Waals surface area contributed by atoms with Gasteiger partial charge in [-0.3, -0.25) is 0 Å². The Bertz CT molecular complexity index is 146. The molecule has 0 spiro atoms. The molecule has 0 N–H and O–H groups in total. The van der Waals surface area contributed by atoms with Crippen molar-refractivity contribution in [1.29, 1.82) is 0 Å². The summed E-state index contributed by atoms with van der Waals surface area (Å²) in [7, 11) is -3.89. The van der Waals surface area contributed by atoms with Crippen LogP contribution in [0.15, 0.2) is 0 Å². The number of unbranched alkanes of at least 4 members (excludes halogenated alkanes) is 2. The van der Waals surface area contributed by atoms with Gasteiger partial charge in [0.05, 0.1) is 6.16 Å². The van der Waals surface area contributed by atoms with E-state index in [9.17, 15) is 17.3 Å². The van der Waals surface area contributed by atoms with Gasteiger partial charge in [0.1, 0.15) is 0 Å². The van der Waals surface area contributed by atoms with Crippen LogP contribution >= 0.6 is 9.24 Å². The lowest BCUT2D eigenvalue weighted by Crippen LogP contribution is -2.08. The summed E-state index contributed by atoms with van der Waals surface area (Å²) in [6.07, 6.45) is 7.02. The number of halogens is 4. The molecule has 100 valence electrons. The Kier molecular flexibility index (Phi) is 12.0. The lowest BCUT2D eigenvalue weighted by molar-refractivity contribution is 0.368. The van der Waals surface area contributed by atoms with Crippen LogP contribution in [0.25, 0.3) is 0 Å². The van der Waals surface area contributed by atoms with E-state index in [0.717, 1.165) is 11.8 Å². The molecule has 0 aliphatic rings. The average molecular weight is 262 g/mol. The predicted octanol–water partition coefficient (Wildman–Crippen LogP) is 4.75. The standard InChI is InChI=1S/C10H23P.BF4/c1-4-5-6-7-9(2)10(3)8-11;2-1(3,4)5/h9-10H,4-8,11H2,1-3H3;/q;-1/p+1. The molecule has 0 aromatic heterocycles. The second-order valence-electron chi connectivity index (χ2n) is 4.23. The van der Waals surface area contributed by atoms with Crippen molar-refractivity contribution in [3.63, 3.8) is 0 Å². The Hall–Kier alpha value is 0.215. The van der Waals surface area contributed by atoms with Crippen molar-refractivity contribution in [2.45, 2.75) is 46.5 Å². The van der Waals surface area contributed by atoms with E-state index in [2.05, 4.69) is 30.0 Å². The molecule has 0 saturated heterocycles. The molecule has 0 heterocycles. The van der Waals surface area contributed by atoms with Crippen molar-refractivity contribution in [1.82, 2.24) is 0 Å². The summed E-state index contributed by atoms with van der Waals surface area (Å²) in [6.45, 7) is 7.05. The maximum Gasteiger partial charge on any atom is 0.673 e. The van der Waals surface area contributed by atoms with Crippen molar-refractivity contribution in [2.24, 2.45) is 11.8 Å². The second-order valence-corrected chi connectivity index (χ2v) is 4.81. The summed E-state index contributed by atoms with van der Waals surface area (Å²) in [5, 5.41) is 0. The molecule has 0 aromatic rings. The summed E-state index contributed by atoms with van der Waals surface area (Å²) in [4.78, 5) is 0. The predicted molar refractivity (Wildman–Crippen MR) is 68.6 cm³/mol. The third kappa shape index (κ3) is 19.7. The van der Waals surface area contributed by atoms with Crippen molar-refractivity contribution in [2.75, 3.05) is 6.16 Å². The van der Waals surface area contributed by atoms with E-state index < -0.39 is 7.25 Å². The lowest BCUT2D eigenvalue weighted by atomic mass is 9.92. The van der Waals surface area contributed by atoms with Crippen LogP contribution < -0.4 is 0 Å². The number of rotatable bonds is 6. The van der Waals surface area contributed by atoms with Crippen LogP contribution in [0.5, 0.6) is 0 Å². The van der Waals surface area contributed by atoms with E-state index in [1.54, 1.807) is 0 Å². The summed E-state index contributed by atoms with van der Waals surface area (Å²) >= 11 is 0. The second kappa shape index (κ2) is 10.4. The van der Waals surface area contributed by atoms with Gasteiger partial charge in [0.2, 0.25) is 0 Å². The van der Waals surface area contributed by atoms with Crippen LogP contribution in [-0.4, -0.2) is 13.4 Å². The SMILES string of the molecule is CCCCCC(C)C(C)C[PH3+].F[B-](F)(F)F. The monoisotopic (exact) mass is 262 g/mol. The van der Waals surface area contributed by atoms with E-state index in [1.807, 2.05) is 0 Å². The van der Waals surface area contributed by atoms with Crippen molar-refractivity contribution < 1.29 is 17.3 Å². The fraction of sp³-hybridized carbons (Fsp3) is 1.00. The van der Waals surface area contributed by atoms with Gasteiger partial charge in [-0.2, -0.15) is 0 Å². The van der Waals surface area contributed by atoms with Gasteiger partial charge in [0.25, 0.3) is 0 Å². The van der Waals surface area contributed by atoms with E-state index in [-0.39, 0.29) is 0 Å². The zero-order valence-corrected chi connectivity index (χ0v) is 11.9. The highest BCUT2D eigenvalue weighted by Gasteiger charge is 2.20. The van der Waals surface area contributed by atoms with Crippen molar-refractivity contribution in [3.05, 3.63) is 0 Å². The van der Waals surface area contributed by atoms with Crippen LogP contribution in [-0.2, 0) is 0 Å². The first-order valence-electron chi connectivity index (χ1n) is 5.88. The highest BCUT2D eigenvalue weighted by atomic mass is 31.0. The first-order chi connectivity index (χ1) is 7.22. The summed E-state index contributed by atoms with van der Waals surface area (Å²) < 4.78 is 39.0. The molecule has 0 bridgehead atoms. The Morgan fingerprint density at radius 3 is 1.75 bits per heavy atom. The molecule has 3 unspecified atom stereocenters. The Balaban J connectivity index is 0. The van der Waals surface area contributed by atoms with Crippen molar-refractivity contribution >= 4 is 16.5 Å². The average Bonchev–Trinajstić information content (AvgIpc) is 2.14. The maximum atomic E-state index is 9.75. The van der Waals surface area contributed by atoms with Crippen LogP contribution in [0.3, 0.4) is 0 Å². The molecule has 0 fully saturated rings. The van der Waals surface area contributed by atoms with Crippen LogP contribution in [0, 0.1) is 11.8 Å². The zero-order valence-electron chi connectivity index (χ0n) is 10.5. The van der Waals surface area contributed by atoms with Crippen LogP contribution in [0.4, 0.5) is 17.3 Å². The van der Waals surface area contributed by atoms with Gasteiger partial charge >= 0.3 is 7.25 Å². The van der Waals surface area contributed by atoms with E-state index in [0.29, 0.717) is 0 Å². The number of hydrogen-bond acceptors (Lipinski definition) is 0. The van der Waals surface area contributed by atoms with Gasteiger partial charge in [-0.1, -0.05) is 46.5 Å². The summed E-state index contributed by atoms with van der Waals surface area (Å²) in [5.74, 6) is 1.88. The highest BCUT2D eigenvalue weighted by Crippen LogP contribution is 2.19. The van der Waals surface area contributed by atoms with Gasteiger partial charge < -0.3 is 17.3 Å². The fourth-order valence-corrected chi connectivity index (χ4v) is 1.85. The molecule has 0 aromatic carbocycles. The van der Waals surface area contributed by atoms with Gasteiger partial charge in [-0.05, 0) is 21.1 Å². The van der Waals surface area contributed by atoms with Crippen molar-refractivity contribution in [3.8, 4) is 0 Å². The molecule has 0 saturated carbocycles. The van der Waals surface area contributed by atoms with Gasteiger partial charge in [-0.25, -0.2) is 0 Å². The largest absolute Gasteiger partial charge is 0.673 e.